The molecule has 0 aliphatic heterocycles. The molecule has 0 bridgehead atoms. The van der Waals surface area contributed by atoms with Gasteiger partial charge in [-0.1, -0.05) is 74.9 Å². The minimum atomic E-state index is -0.184. The molecule has 0 nitrogen and oxygen atoms in total. The number of halogens is 4. The van der Waals surface area contributed by atoms with Gasteiger partial charge in [0.25, 0.3) is 0 Å². The molecule has 2 aliphatic carbocycles. The van der Waals surface area contributed by atoms with Crippen LogP contribution in [0.4, 0.5) is 8.78 Å². The third kappa shape index (κ3) is 15.6. The summed E-state index contributed by atoms with van der Waals surface area (Å²) in [5.74, 6) is 0.313. The van der Waals surface area contributed by atoms with Gasteiger partial charge in [0.15, 0.2) is 0 Å². The molecule has 228 valence electrons. The van der Waals surface area contributed by atoms with Gasteiger partial charge in [0.2, 0.25) is 0 Å². The van der Waals surface area contributed by atoms with Crippen LogP contribution in [-0.4, -0.2) is 12.1 Å². The summed E-state index contributed by atoms with van der Waals surface area (Å²) in [6.45, 7) is 8.19. The van der Waals surface area contributed by atoms with Gasteiger partial charge in [-0.2, -0.15) is 96.1 Å². The molecule has 0 N–H and O–H groups in total. The second-order valence-corrected chi connectivity index (χ2v) is 9.45. The Kier molecular flexibility index (Phi) is 22.8. The van der Waals surface area contributed by atoms with E-state index in [1.54, 1.807) is 45.9 Å². The Morgan fingerprint density at radius 2 is 0.909 bits per heavy atom. The molecule has 2 unspecified atom stereocenters. The van der Waals surface area contributed by atoms with Crippen molar-refractivity contribution in [1.82, 2.24) is 0 Å². The van der Waals surface area contributed by atoms with Gasteiger partial charge in [0, 0.05) is 0 Å². The van der Waals surface area contributed by atoms with Crippen molar-refractivity contribution in [3.8, 4) is 0 Å². The zero-order valence-electron chi connectivity index (χ0n) is 25.3. The Morgan fingerprint density at radius 3 is 1.11 bits per heavy atom. The van der Waals surface area contributed by atoms with E-state index in [9.17, 15) is 8.78 Å². The first kappa shape index (κ1) is 41.7. The van der Waals surface area contributed by atoms with Gasteiger partial charge >= 0.3 is 33.7 Å². The Hall–Kier alpha value is -2.29. The predicted octanol–water partition coefficient (Wildman–Crippen LogP) is 10.7. The summed E-state index contributed by atoms with van der Waals surface area (Å²) in [7, 11) is 0. The van der Waals surface area contributed by atoms with Crippen LogP contribution in [0.1, 0.15) is 38.8 Å². The van der Waals surface area contributed by atoms with Crippen LogP contribution in [-0.2, 0) is 21.6 Å². The maximum Gasteiger partial charge on any atom is -0.171 e. The monoisotopic (exact) mass is 764 g/mol. The van der Waals surface area contributed by atoms with Gasteiger partial charge in [-0.05, 0) is 24.3 Å². The van der Waals surface area contributed by atoms with Crippen molar-refractivity contribution in [3.05, 3.63) is 180 Å². The van der Waals surface area contributed by atoms with Gasteiger partial charge in [-0.3, -0.25) is 12.2 Å². The molecule has 0 heterocycles. The van der Waals surface area contributed by atoms with Crippen molar-refractivity contribution in [2.75, 3.05) is 0 Å². The summed E-state index contributed by atoms with van der Waals surface area (Å²) in [5, 5.41) is 0. The molecule has 44 heavy (non-hydrogen) atoms. The predicted molar refractivity (Wildman–Crippen MR) is 183 cm³/mol. The van der Waals surface area contributed by atoms with Gasteiger partial charge in [0.05, 0.1) is 0 Å². The summed E-state index contributed by atoms with van der Waals surface area (Å²) in [6.07, 6.45) is 10.8. The molecule has 6 heteroatoms. The summed E-state index contributed by atoms with van der Waals surface area (Å²) >= 11 is 3.64. The molecule has 2 aliphatic rings. The molecule has 6 rings (SSSR count). The normalized spacial score (nSPS) is 15.4. The third-order valence-corrected chi connectivity index (χ3v) is 6.02. The molecule has 0 spiro atoms. The molecular weight excluding hydrogens is 729 g/mol. The van der Waals surface area contributed by atoms with Gasteiger partial charge in [0.1, 0.15) is 11.6 Å². The molecule has 4 aromatic carbocycles. The van der Waals surface area contributed by atoms with Gasteiger partial charge in [-0.25, -0.2) is 19.9 Å². The van der Waals surface area contributed by atoms with E-state index < -0.39 is 0 Å². The number of hydrogen-bond acceptors (Lipinski definition) is 0. The van der Waals surface area contributed by atoms with E-state index in [1.807, 2.05) is 86.6 Å². The van der Waals surface area contributed by atoms with Crippen LogP contribution >= 0.6 is 24.8 Å². The fourth-order valence-corrected chi connectivity index (χ4v) is 4.29. The minimum Gasteiger partial charge on any atom is -0.184 e. The average molecular weight is 765 g/mol. The van der Waals surface area contributed by atoms with Crippen LogP contribution in [0, 0.1) is 47.8 Å². The minimum absolute atomic E-state index is 0. The fourth-order valence-electron chi connectivity index (χ4n) is 4.29. The van der Waals surface area contributed by atoms with Gasteiger partial charge < -0.3 is 0 Å². The molecular formula is C38H36Cl2F2GeZr-4. The Balaban J connectivity index is 0.000000576. The Labute approximate surface area is 295 Å². The second kappa shape index (κ2) is 24.0. The van der Waals surface area contributed by atoms with Crippen molar-refractivity contribution >= 4 is 48.1 Å². The average Bonchev–Trinajstić information content (AvgIpc) is 3.55. The number of allylic oxidation sites excluding steroid dienone is 8. The topological polar surface area (TPSA) is 0 Å². The first-order valence-corrected chi connectivity index (χ1v) is 21.0. The molecule has 0 fully saturated rings. The Bertz CT molecular complexity index is 1320. The van der Waals surface area contributed by atoms with Crippen molar-refractivity contribution in [2.24, 2.45) is 11.8 Å². The van der Waals surface area contributed by atoms with Crippen molar-refractivity contribution < 1.29 is 30.4 Å². The molecule has 0 saturated carbocycles. The molecule has 2 radical (unpaired) electrons. The zero-order chi connectivity index (χ0) is 30.7. The van der Waals surface area contributed by atoms with E-state index in [0.29, 0.717) is 11.8 Å². The van der Waals surface area contributed by atoms with Crippen LogP contribution in [0.15, 0.2) is 132 Å². The number of rotatable bonds is 2. The molecule has 0 amide bonds. The van der Waals surface area contributed by atoms with E-state index in [4.69, 9.17) is 0 Å². The maximum absolute atomic E-state index is 13.0. The van der Waals surface area contributed by atoms with Crippen LogP contribution in [0.5, 0.6) is 0 Å². The first-order valence-electron chi connectivity index (χ1n) is 13.6. The van der Waals surface area contributed by atoms with E-state index in [0.717, 1.165) is 33.4 Å². The number of benzene rings is 4. The second-order valence-electron chi connectivity index (χ2n) is 9.45. The third-order valence-electron chi connectivity index (χ3n) is 6.02. The molecule has 4 aromatic rings. The smallest absolute Gasteiger partial charge is 0.171 e. The molecule has 0 aromatic heterocycles. The molecule has 0 saturated heterocycles. The first-order chi connectivity index (χ1) is 20.3. The van der Waals surface area contributed by atoms with Crippen molar-refractivity contribution in [1.29, 1.82) is 0 Å². The van der Waals surface area contributed by atoms with Crippen molar-refractivity contribution in [2.45, 2.75) is 27.7 Å². The van der Waals surface area contributed by atoms with Crippen molar-refractivity contribution in [3.63, 3.8) is 0 Å². The van der Waals surface area contributed by atoms with Crippen LogP contribution in [0.2, 0.25) is 0 Å². The fraction of sp³-hybridized carbons (Fsp3) is 0.158. The largest absolute Gasteiger partial charge is 0.184 e. The van der Waals surface area contributed by atoms with Gasteiger partial charge in [-0.15, -0.1) is 24.8 Å². The standard InChI is InChI=1S/2C13H12F.2C6H5.2ClH.Ge.Zr/c2*1-9-6-10(2)13(7-9)11-4-3-5-12(14)8-11;2*1-2-4-6-5-3-1;;;;/h2*3-5,7-9H,1-2H3;2*1-5H;2*1H;;/q4*-1;;;;. The van der Waals surface area contributed by atoms with E-state index in [-0.39, 0.29) is 36.4 Å². The van der Waals surface area contributed by atoms with E-state index >= 15 is 0 Å². The summed E-state index contributed by atoms with van der Waals surface area (Å²) in [6, 6.07) is 38.4. The summed E-state index contributed by atoms with van der Waals surface area (Å²) in [4.78, 5) is 0. The van der Waals surface area contributed by atoms with E-state index in [1.165, 1.54) is 12.1 Å². The van der Waals surface area contributed by atoms with Crippen LogP contribution in [0.25, 0.3) is 11.1 Å². The quantitative estimate of drug-likeness (QED) is 0.141. The molecule has 2 atom stereocenters. The zero-order valence-corrected chi connectivity index (χ0v) is 31.5. The van der Waals surface area contributed by atoms with E-state index in [2.05, 4.69) is 62.4 Å². The summed E-state index contributed by atoms with van der Waals surface area (Å²) < 4.78 is 26.0. The SMILES string of the molecule is CC1=[C-]C(C)C=C1c1cccc(F)c1.CC1=[C-]C(C)C=C1c1cccc(F)c1.Cl.Cl.[Ge]=[Zr].[c-]1ccccc1.[c-]1ccccc1. The van der Waals surface area contributed by atoms with Crippen LogP contribution < -0.4 is 0 Å². The Morgan fingerprint density at radius 1 is 0.568 bits per heavy atom. The summed E-state index contributed by atoms with van der Waals surface area (Å²) in [5.41, 5.74) is 6.33. The number of hydrogen-bond donors (Lipinski definition) is 0. The van der Waals surface area contributed by atoms with Crippen LogP contribution in [0.3, 0.4) is 0 Å². The maximum atomic E-state index is 13.0.